The van der Waals surface area contributed by atoms with Crippen LogP contribution in [0.3, 0.4) is 0 Å². The van der Waals surface area contributed by atoms with Crippen molar-refractivity contribution in [2.45, 2.75) is 19.0 Å². The van der Waals surface area contributed by atoms with E-state index in [1.54, 1.807) is 0 Å². The van der Waals surface area contributed by atoms with E-state index in [9.17, 15) is 22.8 Å². The molecular formula is C31H28ClF3N6O3. The number of hydrogen-bond acceptors (Lipinski definition) is 7. The lowest BCUT2D eigenvalue weighted by molar-refractivity contribution is -0.137. The first-order chi connectivity index (χ1) is 21.1. The van der Waals surface area contributed by atoms with Gasteiger partial charge in [0.1, 0.15) is 12.4 Å². The first-order valence-electron chi connectivity index (χ1n) is 13.8. The van der Waals surface area contributed by atoms with Crippen molar-refractivity contribution in [3.05, 3.63) is 101 Å². The highest BCUT2D eigenvalue weighted by molar-refractivity contribution is 6.34. The van der Waals surface area contributed by atoms with Gasteiger partial charge >= 0.3 is 6.18 Å². The Morgan fingerprint density at radius 3 is 2.32 bits per heavy atom. The number of anilines is 4. The summed E-state index contributed by atoms with van der Waals surface area (Å²) in [5.74, 6) is -0.256. The van der Waals surface area contributed by atoms with Crippen LogP contribution in [0.2, 0.25) is 5.02 Å². The quantitative estimate of drug-likeness (QED) is 0.177. The molecule has 1 fully saturated rings. The van der Waals surface area contributed by atoms with E-state index in [4.69, 9.17) is 16.3 Å². The third-order valence-electron chi connectivity index (χ3n) is 6.80. The number of carbonyl (C=O) groups excluding carboxylic acids is 2. The van der Waals surface area contributed by atoms with E-state index in [-0.39, 0.29) is 21.8 Å². The summed E-state index contributed by atoms with van der Waals surface area (Å²) in [6.45, 7) is 3.73. The Balaban J connectivity index is 1.14. The van der Waals surface area contributed by atoms with Crippen molar-refractivity contribution in [3.8, 4) is 5.75 Å². The third-order valence-corrected chi connectivity index (χ3v) is 7.11. The molecule has 0 spiro atoms. The largest absolute Gasteiger partial charge is 0.492 e. The van der Waals surface area contributed by atoms with Crippen LogP contribution < -0.4 is 20.7 Å². The summed E-state index contributed by atoms with van der Waals surface area (Å²) in [7, 11) is 0. The molecule has 2 heterocycles. The molecule has 1 saturated heterocycles. The zero-order valence-corrected chi connectivity index (χ0v) is 24.1. The molecular weight excluding hydrogens is 597 g/mol. The molecule has 1 aliphatic rings. The molecule has 3 N–H and O–H groups in total. The van der Waals surface area contributed by atoms with Crippen molar-refractivity contribution in [1.29, 1.82) is 0 Å². The van der Waals surface area contributed by atoms with Gasteiger partial charge in [0.05, 0.1) is 34.2 Å². The number of hydrogen-bond donors (Lipinski definition) is 3. The number of rotatable bonds is 10. The second-order valence-corrected chi connectivity index (χ2v) is 10.4. The van der Waals surface area contributed by atoms with E-state index in [0.717, 1.165) is 49.3 Å². The summed E-state index contributed by atoms with van der Waals surface area (Å²) in [5.41, 5.74) is 0.251. The lowest BCUT2D eigenvalue weighted by Gasteiger charge is -2.15. The molecule has 9 nitrogen and oxygen atoms in total. The molecule has 5 rings (SSSR count). The Bertz CT molecular complexity index is 1630. The average molecular weight is 625 g/mol. The van der Waals surface area contributed by atoms with Crippen LogP contribution in [-0.4, -0.2) is 52.9 Å². The van der Waals surface area contributed by atoms with Gasteiger partial charge in [-0.05, 0) is 74.5 Å². The van der Waals surface area contributed by atoms with Gasteiger partial charge in [-0.2, -0.15) is 13.2 Å². The van der Waals surface area contributed by atoms with Crippen LogP contribution in [0.1, 0.15) is 39.1 Å². The maximum atomic E-state index is 13.0. The number of halogens is 4. The minimum atomic E-state index is -4.58. The van der Waals surface area contributed by atoms with E-state index in [0.29, 0.717) is 18.2 Å². The molecule has 0 unspecified atom stereocenters. The second-order valence-electron chi connectivity index (χ2n) is 10.0. The Kier molecular flexibility index (Phi) is 9.61. The molecule has 0 atom stereocenters. The first-order valence-corrected chi connectivity index (χ1v) is 14.2. The summed E-state index contributed by atoms with van der Waals surface area (Å²) >= 11 is 6.28. The lowest BCUT2D eigenvalue weighted by atomic mass is 10.1. The molecule has 0 saturated carbocycles. The van der Waals surface area contributed by atoms with Gasteiger partial charge in [0.15, 0.2) is 0 Å². The third kappa shape index (κ3) is 8.23. The molecule has 4 aromatic rings. The minimum absolute atomic E-state index is 0.0195. The zero-order valence-electron chi connectivity index (χ0n) is 23.3. The standard InChI is InChI=1S/C31H28ClF3N6O3/c32-27-17-23(38-28(42)20-5-3-6-21(15-20)31(33,34)35)9-10-26(27)29(43)39-24-18-36-30(37-19-24)40-22-7-4-8-25(16-22)44-14-13-41-11-1-2-12-41/h3-10,15-19H,1-2,11-14H2,(H,38,42)(H,39,43)(H,36,37,40). The van der Waals surface area contributed by atoms with Gasteiger partial charge in [-0.15, -0.1) is 0 Å². The summed E-state index contributed by atoms with van der Waals surface area (Å²) in [6, 6.07) is 15.6. The molecule has 0 bridgehead atoms. The van der Waals surface area contributed by atoms with Crippen molar-refractivity contribution >= 4 is 46.4 Å². The number of aromatic nitrogens is 2. The van der Waals surface area contributed by atoms with Gasteiger partial charge in [0, 0.05) is 29.5 Å². The second kappa shape index (κ2) is 13.7. The van der Waals surface area contributed by atoms with Crippen LogP contribution in [0.15, 0.2) is 79.1 Å². The fraction of sp³-hybridized carbons (Fsp3) is 0.226. The number of carbonyl (C=O) groups is 2. The van der Waals surface area contributed by atoms with E-state index in [1.807, 2.05) is 24.3 Å². The zero-order chi connectivity index (χ0) is 31.1. The molecule has 0 aliphatic carbocycles. The topological polar surface area (TPSA) is 108 Å². The van der Waals surface area contributed by atoms with Crippen molar-refractivity contribution in [2.75, 3.05) is 42.2 Å². The molecule has 3 aromatic carbocycles. The van der Waals surface area contributed by atoms with Gasteiger partial charge in [-0.1, -0.05) is 23.7 Å². The number of nitrogens with zero attached hydrogens (tertiary/aromatic N) is 3. The number of nitrogens with one attached hydrogen (secondary N) is 3. The van der Waals surface area contributed by atoms with E-state index in [2.05, 4.69) is 30.8 Å². The average Bonchev–Trinajstić information content (AvgIpc) is 3.52. The van der Waals surface area contributed by atoms with Gasteiger partial charge in [0.25, 0.3) is 11.8 Å². The fourth-order valence-corrected chi connectivity index (χ4v) is 4.83. The molecule has 228 valence electrons. The predicted octanol–water partition coefficient (Wildman–Crippen LogP) is 6.87. The first kappa shape index (κ1) is 30.8. The Hall–Kier alpha value is -4.68. The van der Waals surface area contributed by atoms with Crippen molar-refractivity contribution in [2.24, 2.45) is 0 Å². The molecule has 1 aromatic heterocycles. The molecule has 44 heavy (non-hydrogen) atoms. The fourth-order valence-electron chi connectivity index (χ4n) is 4.56. The van der Waals surface area contributed by atoms with Crippen LogP contribution in [-0.2, 0) is 6.18 Å². The van der Waals surface area contributed by atoms with Gasteiger partial charge in [0.2, 0.25) is 5.95 Å². The van der Waals surface area contributed by atoms with Crippen LogP contribution in [0.5, 0.6) is 5.75 Å². The van der Waals surface area contributed by atoms with Gasteiger partial charge in [-0.3, -0.25) is 14.5 Å². The van der Waals surface area contributed by atoms with Crippen molar-refractivity contribution in [1.82, 2.24) is 14.9 Å². The number of amides is 2. The van der Waals surface area contributed by atoms with E-state index >= 15 is 0 Å². The Labute approximate surface area is 256 Å². The van der Waals surface area contributed by atoms with Crippen LogP contribution in [0.4, 0.5) is 36.2 Å². The van der Waals surface area contributed by atoms with E-state index in [1.165, 1.54) is 49.5 Å². The SMILES string of the molecule is O=C(Nc1ccc(C(=O)Nc2cnc(Nc3cccc(OCCN4CCCC4)c3)nc2)c(Cl)c1)c1cccc(C(F)(F)F)c1. The Morgan fingerprint density at radius 1 is 0.864 bits per heavy atom. The monoisotopic (exact) mass is 624 g/mol. The number of likely N-dealkylation sites (tertiary alicyclic amines) is 1. The normalized spacial score (nSPS) is 13.4. The summed E-state index contributed by atoms with van der Waals surface area (Å²) in [5, 5.41) is 8.27. The van der Waals surface area contributed by atoms with Gasteiger partial charge in [-0.25, -0.2) is 9.97 Å². The summed E-state index contributed by atoms with van der Waals surface area (Å²) in [4.78, 5) is 36.2. The highest BCUT2D eigenvalue weighted by Gasteiger charge is 2.31. The molecule has 0 radical (unpaired) electrons. The Morgan fingerprint density at radius 2 is 1.59 bits per heavy atom. The summed E-state index contributed by atoms with van der Waals surface area (Å²) in [6.07, 6.45) is 0.759. The van der Waals surface area contributed by atoms with Crippen LogP contribution in [0.25, 0.3) is 0 Å². The highest BCUT2D eigenvalue weighted by Crippen LogP contribution is 2.30. The highest BCUT2D eigenvalue weighted by atomic mass is 35.5. The smallest absolute Gasteiger partial charge is 0.416 e. The minimum Gasteiger partial charge on any atom is -0.492 e. The van der Waals surface area contributed by atoms with Crippen LogP contribution >= 0.6 is 11.6 Å². The maximum Gasteiger partial charge on any atom is 0.416 e. The number of alkyl halides is 3. The number of benzene rings is 3. The molecule has 2 amide bonds. The van der Waals surface area contributed by atoms with Gasteiger partial charge < -0.3 is 20.7 Å². The predicted molar refractivity (Wildman–Crippen MR) is 162 cm³/mol. The summed E-state index contributed by atoms with van der Waals surface area (Å²) < 4.78 is 44.8. The molecule has 1 aliphatic heterocycles. The van der Waals surface area contributed by atoms with E-state index < -0.39 is 23.6 Å². The van der Waals surface area contributed by atoms with Crippen molar-refractivity contribution < 1.29 is 27.5 Å². The lowest BCUT2D eigenvalue weighted by Crippen LogP contribution is -2.25. The van der Waals surface area contributed by atoms with Crippen molar-refractivity contribution in [3.63, 3.8) is 0 Å². The maximum absolute atomic E-state index is 13.0. The molecule has 13 heteroatoms. The number of ether oxygens (including phenoxy) is 1. The van der Waals surface area contributed by atoms with Crippen LogP contribution in [0, 0.1) is 0 Å².